The van der Waals surface area contributed by atoms with E-state index < -0.39 is 64.0 Å². The number of carbonyl (C=O) groups is 3. The zero-order valence-electron chi connectivity index (χ0n) is 23.5. The summed E-state index contributed by atoms with van der Waals surface area (Å²) in [6.07, 6.45) is 2.67. The molecule has 10 heteroatoms. The monoisotopic (exact) mass is 563 g/mol. The molecule has 1 spiro atoms. The Morgan fingerprint density at radius 2 is 1.78 bits per heavy atom. The van der Waals surface area contributed by atoms with Crippen molar-refractivity contribution in [3.8, 4) is 17.2 Å². The Bertz CT molecular complexity index is 1680. The van der Waals surface area contributed by atoms with Crippen LogP contribution < -0.4 is 10.5 Å². The molecule has 2 aromatic carbocycles. The second-order valence-electron chi connectivity index (χ2n) is 12.3. The molecular weight excluding hydrogens is 530 g/mol. The predicted octanol–water partition coefficient (Wildman–Crippen LogP) is 3.32. The number of aliphatic hydroxyl groups is 2. The fraction of sp³-hybridized carbons (Fsp3) is 0.452. The van der Waals surface area contributed by atoms with Crippen LogP contribution in [0.3, 0.4) is 0 Å². The summed E-state index contributed by atoms with van der Waals surface area (Å²) in [4.78, 5) is 39.7. The number of ether oxygens (including phenoxy) is 2. The molecule has 0 radical (unpaired) electrons. The number of hydrogen-bond acceptors (Lipinski definition) is 9. The van der Waals surface area contributed by atoms with Gasteiger partial charge >= 0.3 is 0 Å². The number of rotatable bonds is 3. The molecule has 0 heterocycles. The highest BCUT2D eigenvalue weighted by atomic mass is 16.5. The van der Waals surface area contributed by atoms with Crippen LogP contribution in [-0.2, 0) is 26.2 Å². The molecule has 216 valence electrons. The summed E-state index contributed by atoms with van der Waals surface area (Å²) < 4.78 is 11.7. The number of aromatic hydroxyl groups is 2. The number of primary amides is 1. The molecular formula is C31H33NO9. The van der Waals surface area contributed by atoms with Crippen molar-refractivity contribution in [2.24, 2.45) is 17.1 Å². The van der Waals surface area contributed by atoms with Gasteiger partial charge in [0.1, 0.15) is 28.6 Å². The first-order valence-electron chi connectivity index (χ1n) is 13.6. The minimum Gasteiger partial charge on any atom is -0.511 e. The fourth-order valence-electron chi connectivity index (χ4n) is 8.35. The third kappa shape index (κ3) is 2.96. The lowest BCUT2D eigenvalue weighted by Crippen LogP contribution is -2.61. The Hall–Kier alpha value is -3.89. The topological polar surface area (TPSA) is 177 Å². The van der Waals surface area contributed by atoms with Gasteiger partial charge in [-0.3, -0.25) is 14.4 Å². The molecule has 41 heavy (non-hydrogen) atoms. The number of aliphatic hydroxyl groups excluding tert-OH is 1. The van der Waals surface area contributed by atoms with Crippen LogP contribution in [0.1, 0.15) is 73.2 Å². The van der Waals surface area contributed by atoms with Gasteiger partial charge in [0.15, 0.2) is 5.60 Å². The smallest absolute Gasteiger partial charge is 0.255 e. The van der Waals surface area contributed by atoms with Gasteiger partial charge < -0.3 is 35.6 Å². The van der Waals surface area contributed by atoms with E-state index >= 15 is 0 Å². The Morgan fingerprint density at radius 1 is 1.10 bits per heavy atom. The molecule has 6 rings (SSSR count). The maximum absolute atomic E-state index is 14.2. The van der Waals surface area contributed by atoms with Crippen molar-refractivity contribution in [3.63, 3.8) is 0 Å². The van der Waals surface area contributed by atoms with Gasteiger partial charge in [-0.2, -0.15) is 0 Å². The Balaban J connectivity index is 1.77. The van der Waals surface area contributed by atoms with Crippen LogP contribution in [0.25, 0.3) is 10.8 Å². The maximum Gasteiger partial charge on any atom is 0.255 e. The fourth-order valence-corrected chi connectivity index (χ4v) is 8.35. The van der Waals surface area contributed by atoms with Crippen LogP contribution in [-0.4, -0.2) is 57.7 Å². The Kier molecular flexibility index (Phi) is 5.54. The van der Waals surface area contributed by atoms with Gasteiger partial charge in [-0.1, -0.05) is 25.5 Å². The number of methoxy groups -OCH3 is 2. The molecule has 0 aliphatic heterocycles. The minimum atomic E-state index is -2.84. The van der Waals surface area contributed by atoms with E-state index in [1.807, 2.05) is 6.92 Å². The molecule has 2 aromatic rings. The normalized spacial score (nSPS) is 30.0. The van der Waals surface area contributed by atoms with E-state index in [4.69, 9.17) is 15.2 Å². The Morgan fingerprint density at radius 3 is 2.37 bits per heavy atom. The first kappa shape index (κ1) is 27.3. The van der Waals surface area contributed by atoms with Crippen molar-refractivity contribution in [2.75, 3.05) is 14.2 Å². The lowest BCUT2D eigenvalue weighted by atomic mass is 9.54. The van der Waals surface area contributed by atoms with E-state index in [0.29, 0.717) is 23.1 Å². The second kappa shape index (κ2) is 8.33. The van der Waals surface area contributed by atoms with E-state index in [0.717, 1.165) is 24.0 Å². The molecule has 4 aliphatic carbocycles. The highest BCUT2D eigenvalue weighted by Crippen LogP contribution is 2.66. The van der Waals surface area contributed by atoms with Crippen molar-refractivity contribution >= 4 is 28.2 Å². The van der Waals surface area contributed by atoms with Gasteiger partial charge in [0.05, 0.1) is 24.2 Å². The maximum atomic E-state index is 14.2. The SMILES string of the molecule is COc1cc(O)c2c(O)c3c(c4c2c1[C@@]1(C4)C(C)=CCCC1(C)C)[C@@H](OC)[C@H]1CC(O)=C(C(N)=O)C(=O)[C@@]1(O)C3=O. The van der Waals surface area contributed by atoms with Crippen molar-refractivity contribution in [3.05, 3.63) is 51.3 Å². The zero-order chi connectivity index (χ0) is 30.0. The average molecular weight is 564 g/mol. The highest BCUT2D eigenvalue weighted by molar-refractivity contribution is 6.33. The van der Waals surface area contributed by atoms with E-state index in [9.17, 15) is 34.8 Å². The number of phenols is 2. The van der Waals surface area contributed by atoms with Crippen LogP contribution in [0.5, 0.6) is 17.2 Å². The first-order valence-corrected chi connectivity index (χ1v) is 13.6. The number of allylic oxidation sites excluding steroid dienone is 3. The number of nitrogens with two attached hydrogens (primary N) is 1. The predicted molar refractivity (Wildman–Crippen MR) is 147 cm³/mol. The number of carbonyl (C=O) groups excluding carboxylic acids is 3. The largest absolute Gasteiger partial charge is 0.511 e. The Labute approximate surface area is 236 Å². The minimum absolute atomic E-state index is 0.00243. The van der Waals surface area contributed by atoms with E-state index in [2.05, 4.69) is 19.9 Å². The first-order chi connectivity index (χ1) is 19.2. The molecule has 4 atom stereocenters. The molecule has 6 N–H and O–H groups in total. The number of benzene rings is 2. The van der Waals surface area contributed by atoms with Crippen LogP contribution in [0, 0.1) is 11.3 Å². The summed E-state index contributed by atoms with van der Waals surface area (Å²) in [7, 11) is 2.86. The molecule has 0 aromatic heterocycles. The van der Waals surface area contributed by atoms with Gasteiger partial charge in [0.25, 0.3) is 5.91 Å². The zero-order valence-corrected chi connectivity index (χ0v) is 23.5. The van der Waals surface area contributed by atoms with Gasteiger partial charge in [0.2, 0.25) is 11.6 Å². The number of ketones is 2. The third-order valence-corrected chi connectivity index (χ3v) is 10.3. The molecule has 4 aliphatic rings. The molecule has 10 nitrogen and oxygen atoms in total. The van der Waals surface area contributed by atoms with Gasteiger partial charge in [-0.25, -0.2) is 0 Å². The number of amides is 1. The van der Waals surface area contributed by atoms with Crippen molar-refractivity contribution in [2.45, 2.75) is 63.6 Å². The molecule has 0 unspecified atom stereocenters. The number of fused-ring (bicyclic) bond motifs is 4. The summed E-state index contributed by atoms with van der Waals surface area (Å²) >= 11 is 0. The van der Waals surface area contributed by atoms with Crippen LogP contribution >= 0.6 is 0 Å². The molecule has 0 bridgehead atoms. The molecule has 0 fully saturated rings. The van der Waals surface area contributed by atoms with E-state index in [1.54, 1.807) is 0 Å². The summed E-state index contributed by atoms with van der Waals surface area (Å²) in [6, 6.07) is 1.41. The number of Topliss-reactive ketones (excluding diaryl/α,β-unsaturated/α-hetero) is 2. The lowest BCUT2D eigenvalue weighted by molar-refractivity contribution is -0.145. The van der Waals surface area contributed by atoms with Crippen LogP contribution in [0.15, 0.2) is 29.0 Å². The summed E-state index contributed by atoms with van der Waals surface area (Å²) in [5.41, 5.74) is 3.07. The van der Waals surface area contributed by atoms with Crippen molar-refractivity contribution in [1.29, 1.82) is 0 Å². The third-order valence-electron chi connectivity index (χ3n) is 10.3. The lowest BCUT2D eigenvalue weighted by Gasteiger charge is -2.49. The number of hydrogen-bond donors (Lipinski definition) is 5. The van der Waals surface area contributed by atoms with Gasteiger partial charge in [-0.15, -0.1) is 0 Å². The summed E-state index contributed by atoms with van der Waals surface area (Å²) in [5.74, 6) is -6.25. The highest BCUT2D eigenvalue weighted by Gasteiger charge is 2.64. The van der Waals surface area contributed by atoms with Crippen molar-refractivity contribution in [1.82, 2.24) is 0 Å². The van der Waals surface area contributed by atoms with Gasteiger partial charge in [0, 0.05) is 41.9 Å². The average Bonchev–Trinajstić information content (AvgIpc) is 3.26. The van der Waals surface area contributed by atoms with Crippen molar-refractivity contribution < 1.29 is 44.3 Å². The van der Waals surface area contributed by atoms with E-state index in [1.165, 1.54) is 20.3 Å². The molecule has 1 amide bonds. The second-order valence-corrected chi connectivity index (χ2v) is 12.3. The van der Waals surface area contributed by atoms with E-state index in [-0.39, 0.29) is 27.7 Å². The molecule has 0 saturated heterocycles. The molecule has 0 saturated carbocycles. The quantitative estimate of drug-likeness (QED) is 0.213. The summed E-state index contributed by atoms with van der Waals surface area (Å²) in [6.45, 7) is 6.36. The standard InChI is InChI=1S/C31H33NO9/c1-12-7-6-8-29(2,3)30(12)11-13-18-20(16(34)10-17(40-4)23(18)30)24(35)22-19(13)25(41-5)14-9-15(33)21(28(32)38)26(36)31(14,39)27(22)37/h7,10,14,25,33-35,39H,6,8-9,11H2,1-5H3,(H2,32,38)/t14-,25+,30-,31-/m1/s1. The van der Waals surface area contributed by atoms with Crippen LogP contribution in [0.2, 0.25) is 0 Å². The van der Waals surface area contributed by atoms with Gasteiger partial charge in [-0.05, 0) is 42.7 Å². The number of phenolic OH excluding ortho intramolecular Hbond substituents is 2. The van der Waals surface area contributed by atoms with Crippen LogP contribution in [0.4, 0.5) is 0 Å². The summed E-state index contributed by atoms with van der Waals surface area (Å²) in [5, 5.41) is 45.9.